The number of hydrogen-bond donors (Lipinski definition) is 0. The molecule has 0 spiro atoms. The molecule has 0 unspecified atom stereocenters. The summed E-state index contributed by atoms with van der Waals surface area (Å²) in [5.74, 6) is 0. The number of rotatable bonds is 3. The molecule has 3 rings (SSSR count). The first kappa shape index (κ1) is 16.1. The maximum Gasteiger partial charge on any atom is 0.330 e. The van der Waals surface area contributed by atoms with Gasteiger partial charge in [-0.2, -0.15) is 0 Å². The van der Waals surface area contributed by atoms with Crippen LogP contribution in [-0.4, -0.2) is 38.7 Å². The molecule has 0 saturated carbocycles. The maximum atomic E-state index is 12.3. The molecule has 0 amide bonds. The van der Waals surface area contributed by atoms with E-state index in [-0.39, 0.29) is 17.4 Å². The number of aryl methyl sites for hydroxylation is 2. The first-order valence-electron chi connectivity index (χ1n) is 7.47. The van der Waals surface area contributed by atoms with Crippen LogP contribution >= 0.6 is 11.3 Å². The Morgan fingerprint density at radius 1 is 1.39 bits per heavy atom. The molecule has 7 nitrogen and oxygen atoms in total. The monoisotopic (exact) mass is 336 g/mol. The highest BCUT2D eigenvalue weighted by atomic mass is 32.1. The minimum absolute atomic E-state index is 0.0566. The van der Waals surface area contributed by atoms with Crippen molar-refractivity contribution in [3.63, 3.8) is 0 Å². The van der Waals surface area contributed by atoms with Gasteiger partial charge < -0.3 is 9.30 Å². The number of thiazole rings is 1. The van der Waals surface area contributed by atoms with Crippen molar-refractivity contribution < 1.29 is 4.74 Å². The van der Waals surface area contributed by atoms with Gasteiger partial charge in [0.15, 0.2) is 0 Å². The van der Waals surface area contributed by atoms with Crippen LogP contribution in [0.25, 0.3) is 0 Å². The van der Waals surface area contributed by atoms with E-state index in [1.807, 2.05) is 12.3 Å². The van der Waals surface area contributed by atoms with Gasteiger partial charge in [0.1, 0.15) is 11.1 Å². The Balaban J connectivity index is 1.78. The van der Waals surface area contributed by atoms with E-state index in [1.165, 1.54) is 11.6 Å². The summed E-state index contributed by atoms with van der Waals surface area (Å²) >= 11 is 1.60. The fourth-order valence-corrected chi connectivity index (χ4v) is 3.58. The van der Waals surface area contributed by atoms with Crippen molar-refractivity contribution in [1.29, 1.82) is 0 Å². The lowest BCUT2D eigenvalue weighted by atomic mass is 10.2. The molecule has 1 fully saturated rings. The van der Waals surface area contributed by atoms with E-state index in [0.717, 1.165) is 21.8 Å². The van der Waals surface area contributed by atoms with Crippen molar-refractivity contribution in [2.45, 2.75) is 19.6 Å². The summed E-state index contributed by atoms with van der Waals surface area (Å²) in [6.07, 6.45) is 1.57. The van der Waals surface area contributed by atoms with Gasteiger partial charge in [0, 0.05) is 56.6 Å². The summed E-state index contributed by atoms with van der Waals surface area (Å²) in [4.78, 5) is 30.7. The van der Waals surface area contributed by atoms with Gasteiger partial charge in [0.25, 0.3) is 5.56 Å². The zero-order valence-electron chi connectivity index (χ0n) is 13.5. The number of aromatic nitrogens is 3. The van der Waals surface area contributed by atoms with E-state index < -0.39 is 0 Å². The molecule has 1 aliphatic rings. The molecule has 0 N–H and O–H groups in total. The van der Waals surface area contributed by atoms with E-state index in [2.05, 4.69) is 9.88 Å². The summed E-state index contributed by atoms with van der Waals surface area (Å²) in [5.41, 5.74) is 1.07. The zero-order chi connectivity index (χ0) is 16.6. The standard InChI is InChI=1S/C15H20N4O3S/c1-10-9-23-13(16-10)12-8-19(4-5-22-12)7-11-6-17(2)15(21)18(3)14(11)20/h6,9,12H,4-5,7-8H2,1-3H3/t12-/m1/s1. The van der Waals surface area contributed by atoms with Crippen LogP contribution in [0, 0.1) is 6.92 Å². The van der Waals surface area contributed by atoms with Crippen molar-refractivity contribution in [3.8, 4) is 0 Å². The van der Waals surface area contributed by atoms with E-state index in [4.69, 9.17) is 4.74 Å². The van der Waals surface area contributed by atoms with Gasteiger partial charge in [0.05, 0.1) is 6.61 Å². The highest BCUT2D eigenvalue weighted by Gasteiger charge is 2.25. The van der Waals surface area contributed by atoms with E-state index in [9.17, 15) is 9.59 Å². The van der Waals surface area contributed by atoms with Crippen LogP contribution < -0.4 is 11.2 Å². The molecule has 2 aromatic rings. The second-order valence-corrected chi connectivity index (χ2v) is 6.72. The van der Waals surface area contributed by atoms with E-state index in [0.29, 0.717) is 25.3 Å². The van der Waals surface area contributed by atoms with Gasteiger partial charge in [-0.25, -0.2) is 9.78 Å². The summed E-state index contributed by atoms with van der Waals surface area (Å²) < 4.78 is 8.40. The summed E-state index contributed by atoms with van der Waals surface area (Å²) in [6, 6.07) is 0. The van der Waals surface area contributed by atoms with Crippen LogP contribution in [0.3, 0.4) is 0 Å². The van der Waals surface area contributed by atoms with Crippen LogP contribution in [0.15, 0.2) is 21.2 Å². The quantitative estimate of drug-likeness (QED) is 0.813. The molecule has 23 heavy (non-hydrogen) atoms. The molecule has 1 saturated heterocycles. The first-order valence-corrected chi connectivity index (χ1v) is 8.35. The van der Waals surface area contributed by atoms with Crippen LogP contribution in [0.1, 0.15) is 22.4 Å². The van der Waals surface area contributed by atoms with Crippen LogP contribution in [0.5, 0.6) is 0 Å². The summed E-state index contributed by atoms with van der Waals surface area (Å²) in [7, 11) is 3.17. The third-order valence-corrected chi connectivity index (χ3v) is 5.03. The molecule has 0 radical (unpaired) electrons. The lowest BCUT2D eigenvalue weighted by Gasteiger charge is -2.31. The van der Waals surface area contributed by atoms with Crippen molar-refractivity contribution in [1.82, 2.24) is 19.0 Å². The second kappa shape index (κ2) is 6.38. The van der Waals surface area contributed by atoms with Gasteiger partial charge in [-0.1, -0.05) is 0 Å². The van der Waals surface area contributed by atoms with Crippen molar-refractivity contribution in [2.24, 2.45) is 14.1 Å². The molecular formula is C15H20N4O3S. The Kier molecular flexibility index (Phi) is 4.47. The Bertz CT molecular complexity index is 823. The SMILES string of the molecule is Cc1csc([C@H]2CN(Cc3cn(C)c(=O)n(C)c3=O)CCO2)n1. The van der Waals surface area contributed by atoms with E-state index in [1.54, 1.807) is 24.6 Å². The number of ether oxygens (including phenoxy) is 1. The molecule has 3 heterocycles. The predicted octanol–water partition coefficient (Wildman–Crippen LogP) is 0.422. The fraction of sp³-hybridized carbons (Fsp3) is 0.533. The third kappa shape index (κ3) is 3.29. The molecular weight excluding hydrogens is 316 g/mol. The Morgan fingerprint density at radius 3 is 2.87 bits per heavy atom. The zero-order valence-corrected chi connectivity index (χ0v) is 14.3. The molecule has 0 aliphatic carbocycles. The second-order valence-electron chi connectivity index (χ2n) is 5.83. The molecule has 1 aliphatic heterocycles. The summed E-state index contributed by atoms with van der Waals surface area (Å²) in [5, 5.41) is 2.99. The minimum atomic E-state index is -0.308. The molecule has 8 heteroatoms. The number of hydrogen-bond acceptors (Lipinski definition) is 6. The minimum Gasteiger partial charge on any atom is -0.368 e. The summed E-state index contributed by atoms with van der Waals surface area (Å²) in [6.45, 7) is 4.53. The number of morpholine rings is 1. The normalized spacial score (nSPS) is 19.2. The number of nitrogens with zero attached hydrogens (tertiary/aromatic N) is 4. The molecule has 1 atom stereocenters. The largest absolute Gasteiger partial charge is 0.368 e. The smallest absolute Gasteiger partial charge is 0.330 e. The Hall–Kier alpha value is -1.77. The Labute approximate surface area is 137 Å². The lowest BCUT2D eigenvalue weighted by Crippen LogP contribution is -2.42. The molecule has 2 aromatic heterocycles. The van der Waals surface area contributed by atoms with Crippen LogP contribution in [-0.2, 0) is 25.4 Å². The van der Waals surface area contributed by atoms with Gasteiger partial charge >= 0.3 is 5.69 Å². The maximum absolute atomic E-state index is 12.3. The van der Waals surface area contributed by atoms with E-state index >= 15 is 0 Å². The lowest BCUT2D eigenvalue weighted by molar-refractivity contribution is -0.0332. The highest BCUT2D eigenvalue weighted by molar-refractivity contribution is 7.09. The first-order chi connectivity index (χ1) is 11.0. The third-order valence-electron chi connectivity index (χ3n) is 3.97. The van der Waals surface area contributed by atoms with Crippen molar-refractivity contribution >= 4 is 11.3 Å². The molecule has 124 valence electrons. The van der Waals surface area contributed by atoms with Crippen LogP contribution in [0.2, 0.25) is 0 Å². The molecule has 0 bridgehead atoms. The van der Waals surface area contributed by atoms with Crippen molar-refractivity contribution in [2.75, 3.05) is 19.7 Å². The average molecular weight is 336 g/mol. The molecule has 0 aromatic carbocycles. The fourth-order valence-electron chi connectivity index (χ4n) is 2.75. The van der Waals surface area contributed by atoms with Crippen molar-refractivity contribution in [3.05, 3.63) is 48.7 Å². The van der Waals surface area contributed by atoms with Gasteiger partial charge in [-0.15, -0.1) is 11.3 Å². The Morgan fingerprint density at radius 2 is 2.17 bits per heavy atom. The predicted molar refractivity (Wildman–Crippen MR) is 87.7 cm³/mol. The highest BCUT2D eigenvalue weighted by Crippen LogP contribution is 2.25. The topological polar surface area (TPSA) is 69.4 Å². The van der Waals surface area contributed by atoms with Crippen LogP contribution in [0.4, 0.5) is 0 Å². The van der Waals surface area contributed by atoms with Gasteiger partial charge in [0.2, 0.25) is 0 Å². The van der Waals surface area contributed by atoms with Gasteiger partial charge in [-0.05, 0) is 6.92 Å². The average Bonchev–Trinajstić information content (AvgIpc) is 2.97. The van der Waals surface area contributed by atoms with Gasteiger partial charge in [-0.3, -0.25) is 14.3 Å².